The maximum Gasteiger partial charge on any atom is 0.337 e. The van der Waals surface area contributed by atoms with E-state index in [0.717, 1.165) is 0 Å². The van der Waals surface area contributed by atoms with Gasteiger partial charge in [-0.25, -0.2) is 4.79 Å². The van der Waals surface area contributed by atoms with E-state index in [1.807, 2.05) is 0 Å². The molecule has 0 saturated heterocycles. The van der Waals surface area contributed by atoms with Crippen LogP contribution >= 0.6 is 11.6 Å². The van der Waals surface area contributed by atoms with Crippen molar-refractivity contribution in [2.75, 3.05) is 17.7 Å². The van der Waals surface area contributed by atoms with Crippen LogP contribution < -0.4 is 10.6 Å². The van der Waals surface area contributed by atoms with Gasteiger partial charge in [-0.2, -0.15) is 0 Å². The third kappa shape index (κ3) is 4.61. The fourth-order valence-corrected chi connectivity index (χ4v) is 2.18. The van der Waals surface area contributed by atoms with Gasteiger partial charge in [-0.3, -0.25) is 9.59 Å². The minimum Gasteiger partial charge on any atom is -0.465 e. The van der Waals surface area contributed by atoms with Gasteiger partial charge in [0.2, 0.25) is 11.8 Å². The summed E-state index contributed by atoms with van der Waals surface area (Å²) in [6, 6.07) is 12.9. The lowest BCUT2D eigenvalue weighted by Gasteiger charge is -2.23. The fourth-order valence-electron chi connectivity index (χ4n) is 2.05. The van der Waals surface area contributed by atoms with Crippen LogP contribution in [0.3, 0.4) is 0 Å². The Morgan fingerprint density at radius 1 is 0.923 bits per heavy atom. The summed E-state index contributed by atoms with van der Waals surface area (Å²) in [5.74, 6) is -1.49. The van der Waals surface area contributed by atoms with Crippen LogP contribution in [-0.2, 0) is 14.3 Å². The number of halogens is 1. The lowest BCUT2D eigenvalue weighted by molar-refractivity contribution is -0.135. The molecule has 2 rings (SSSR count). The van der Waals surface area contributed by atoms with Crippen molar-refractivity contribution in [2.45, 2.75) is 13.8 Å². The molecule has 26 heavy (non-hydrogen) atoms. The number of nitrogens with one attached hydrogen (secondary N) is 2. The van der Waals surface area contributed by atoms with E-state index in [1.165, 1.54) is 27.0 Å². The number of ether oxygens (including phenoxy) is 1. The van der Waals surface area contributed by atoms with E-state index in [0.29, 0.717) is 22.0 Å². The quantitative estimate of drug-likeness (QED) is 0.617. The molecule has 0 aliphatic carbocycles. The highest BCUT2D eigenvalue weighted by Gasteiger charge is 2.36. The molecule has 0 radical (unpaired) electrons. The van der Waals surface area contributed by atoms with Crippen LogP contribution in [0, 0.1) is 5.41 Å². The molecule has 136 valence electrons. The second kappa shape index (κ2) is 8.01. The predicted octanol–water partition coefficient (Wildman–Crippen LogP) is 3.73. The monoisotopic (exact) mass is 374 g/mol. The van der Waals surface area contributed by atoms with Crippen molar-refractivity contribution in [1.82, 2.24) is 0 Å². The van der Waals surface area contributed by atoms with E-state index in [9.17, 15) is 14.4 Å². The normalized spacial score (nSPS) is 10.8. The summed E-state index contributed by atoms with van der Waals surface area (Å²) in [7, 11) is 1.28. The van der Waals surface area contributed by atoms with E-state index in [-0.39, 0.29) is 0 Å². The minimum absolute atomic E-state index is 0.300. The van der Waals surface area contributed by atoms with Gasteiger partial charge in [-0.05, 0) is 56.3 Å². The van der Waals surface area contributed by atoms with Gasteiger partial charge in [0.15, 0.2) is 0 Å². The molecular weight excluding hydrogens is 356 g/mol. The van der Waals surface area contributed by atoms with E-state index < -0.39 is 23.2 Å². The SMILES string of the molecule is COC(=O)c1cccc(NC(=O)C(C)(C)C(=O)Nc2ccc(Cl)cc2)c1. The van der Waals surface area contributed by atoms with Gasteiger partial charge >= 0.3 is 5.97 Å². The lowest BCUT2D eigenvalue weighted by atomic mass is 9.90. The Hall–Kier alpha value is -2.86. The Balaban J connectivity index is 2.10. The molecule has 0 aliphatic heterocycles. The summed E-state index contributed by atoms with van der Waals surface area (Å²) in [6.45, 7) is 3.02. The Morgan fingerprint density at radius 2 is 1.50 bits per heavy atom. The number of anilines is 2. The predicted molar refractivity (Wildman–Crippen MR) is 100 cm³/mol. The molecule has 0 bridgehead atoms. The Bertz CT molecular complexity index is 832. The molecule has 0 atom stereocenters. The Labute approximate surface area is 156 Å². The number of methoxy groups -OCH3 is 1. The first-order chi connectivity index (χ1) is 12.2. The average molecular weight is 375 g/mol. The number of esters is 1. The molecule has 2 amide bonds. The van der Waals surface area contributed by atoms with Crippen LogP contribution in [0.2, 0.25) is 5.02 Å². The van der Waals surface area contributed by atoms with Gasteiger partial charge in [0.05, 0.1) is 12.7 Å². The van der Waals surface area contributed by atoms with Gasteiger partial charge in [0.25, 0.3) is 0 Å². The zero-order valence-corrected chi connectivity index (χ0v) is 15.4. The molecule has 0 aliphatic rings. The van der Waals surface area contributed by atoms with E-state index >= 15 is 0 Å². The first-order valence-corrected chi connectivity index (χ1v) is 8.18. The first-order valence-electron chi connectivity index (χ1n) is 7.81. The van der Waals surface area contributed by atoms with Crippen molar-refractivity contribution < 1.29 is 19.1 Å². The standard InChI is InChI=1S/C19H19ClN2O4/c1-19(2,17(24)21-14-9-7-13(20)8-10-14)18(25)22-15-6-4-5-12(11-15)16(23)26-3/h4-11H,1-3H3,(H,21,24)(H,22,25). The summed E-state index contributed by atoms with van der Waals surface area (Å²) in [4.78, 5) is 36.6. The van der Waals surface area contributed by atoms with Crippen molar-refractivity contribution in [2.24, 2.45) is 5.41 Å². The second-order valence-corrected chi connectivity index (χ2v) is 6.55. The van der Waals surface area contributed by atoms with Crippen LogP contribution in [0.25, 0.3) is 0 Å². The summed E-state index contributed by atoms with van der Waals surface area (Å²) < 4.78 is 4.65. The largest absolute Gasteiger partial charge is 0.465 e. The van der Waals surface area contributed by atoms with Gasteiger partial charge in [0.1, 0.15) is 5.41 Å². The summed E-state index contributed by atoms with van der Waals surface area (Å²) >= 11 is 5.81. The molecule has 0 fully saturated rings. The number of carbonyl (C=O) groups excluding carboxylic acids is 3. The molecule has 7 heteroatoms. The number of carbonyl (C=O) groups is 3. The highest BCUT2D eigenvalue weighted by atomic mass is 35.5. The molecular formula is C19H19ClN2O4. The number of hydrogen-bond acceptors (Lipinski definition) is 4. The third-order valence-corrected chi connectivity index (χ3v) is 4.03. The molecule has 0 saturated carbocycles. The van der Waals surface area contributed by atoms with E-state index in [4.69, 9.17) is 11.6 Å². The summed E-state index contributed by atoms with van der Waals surface area (Å²) in [5, 5.41) is 5.88. The van der Waals surface area contributed by atoms with E-state index in [1.54, 1.807) is 42.5 Å². The molecule has 0 heterocycles. The van der Waals surface area contributed by atoms with Gasteiger partial charge < -0.3 is 15.4 Å². The number of rotatable bonds is 5. The van der Waals surface area contributed by atoms with Gasteiger partial charge in [-0.1, -0.05) is 17.7 Å². The highest BCUT2D eigenvalue weighted by molar-refractivity contribution is 6.30. The fraction of sp³-hybridized carbons (Fsp3) is 0.211. The number of hydrogen-bond donors (Lipinski definition) is 2. The summed E-state index contributed by atoms with van der Waals surface area (Å²) in [6.07, 6.45) is 0. The van der Waals surface area contributed by atoms with Gasteiger partial charge in [-0.15, -0.1) is 0 Å². The van der Waals surface area contributed by atoms with Crippen molar-refractivity contribution >= 4 is 40.8 Å². The molecule has 0 spiro atoms. The molecule has 2 N–H and O–H groups in total. The molecule has 2 aromatic rings. The molecule has 0 aromatic heterocycles. The van der Waals surface area contributed by atoms with Crippen molar-refractivity contribution in [3.63, 3.8) is 0 Å². The van der Waals surface area contributed by atoms with Gasteiger partial charge in [0, 0.05) is 16.4 Å². The zero-order valence-electron chi connectivity index (χ0n) is 14.6. The lowest BCUT2D eigenvalue weighted by Crippen LogP contribution is -2.41. The van der Waals surface area contributed by atoms with Crippen molar-refractivity contribution in [3.8, 4) is 0 Å². The minimum atomic E-state index is -1.35. The highest BCUT2D eigenvalue weighted by Crippen LogP contribution is 2.23. The second-order valence-electron chi connectivity index (χ2n) is 6.11. The molecule has 6 nitrogen and oxygen atoms in total. The number of amides is 2. The smallest absolute Gasteiger partial charge is 0.337 e. The molecule has 2 aromatic carbocycles. The van der Waals surface area contributed by atoms with Crippen molar-refractivity contribution in [1.29, 1.82) is 0 Å². The first kappa shape index (κ1) is 19.5. The van der Waals surface area contributed by atoms with Crippen LogP contribution in [0.1, 0.15) is 24.2 Å². The van der Waals surface area contributed by atoms with Crippen LogP contribution in [0.4, 0.5) is 11.4 Å². The average Bonchev–Trinajstić information content (AvgIpc) is 2.63. The van der Waals surface area contributed by atoms with Crippen molar-refractivity contribution in [3.05, 3.63) is 59.1 Å². The maximum absolute atomic E-state index is 12.6. The molecule has 0 unspecified atom stereocenters. The van der Waals surface area contributed by atoms with E-state index in [2.05, 4.69) is 15.4 Å². The van der Waals surface area contributed by atoms with Crippen LogP contribution in [0.15, 0.2) is 48.5 Å². The zero-order chi connectivity index (χ0) is 19.3. The maximum atomic E-state index is 12.6. The van der Waals surface area contributed by atoms with Crippen LogP contribution in [-0.4, -0.2) is 24.9 Å². The van der Waals surface area contributed by atoms with Crippen LogP contribution in [0.5, 0.6) is 0 Å². The Morgan fingerprint density at radius 3 is 2.08 bits per heavy atom. The third-order valence-electron chi connectivity index (χ3n) is 3.78. The Kier molecular flexibility index (Phi) is 6.00. The summed E-state index contributed by atoms with van der Waals surface area (Å²) in [5.41, 5.74) is -0.118. The topological polar surface area (TPSA) is 84.5 Å². The number of benzene rings is 2.